The molecule has 1 rings (SSSR count). The van der Waals surface area contributed by atoms with Crippen molar-refractivity contribution in [3.8, 4) is 11.5 Å². The first-order chi connectivity index (χ1) is 11.3. The Kier molecular flexibility index (Phi) is 6.88. The lowest BCUT2D eigenvalue weighted by atomic mass is 9.94. The molecule has 0 atom stereocenters. The van der Waals surface area contributed by atoms with Crippen LogP contribution in [0.2, 0.25) is 0 Å². The van der Waals surface area contributed by atoms with Gasteiger partial charge >= 0.3 is 10.1 Å². The normalized spacial score (nSPS) is 12.2. The Labute approximate surface area is 151 Å². The van der Waals surface area contributed by atoms with E-state index in [1.807, 2.05) is 20.8 Å². The molecule has 142 valence electrons. The van der Waals surface area contributed by atoms with E-state index in [-0.39, 0.29) is 11.7 Å². The summed E-state index contributed by atoms with van der Waals surface area (Å²) in [5.41, 5.74) is 0.283. The Bertz CT molecular complexity index is 705. The van der Waals surface area contributed by atoms with Gasteiger partial charge in [0, 0.05) is 18.5 Å². The highest BCUT2D eigenvalue weighted by Crippen LogP contribution is 2.30. The van der Waals surface area contributed by atoms with Crippen molar-refractivity contribution in [1.29, 1.82) is 0 Å². The van der Waals surface area contributed by atoms with Crippen LogP contribution in [0.3, 0.4) is 0 Å². The van der Waals surface area contributed by atoms with Crippen molar-refractivity contribution in [3.63, 3.8) is 0 Å². The number of carbonyl (C=O) groups is 1. The molecule has 6 nitrogen and oxygen atoms in total. The van der Waals surface area contributed by atoms with Gasteiger partial charge in [-0.25, -0.2) is 0 Å². The zero-order chi connectivity index (χ0) is 19.4. The summed E-state index contributed by atoms with van der Waals surface area (Å²) in [5, 5.41) is 0. The van der Waals surface area contributed by atoms with Gasteiger partial charge in [0.05, 0.1) is 13.4 Å². The number of benzene rings is 1. The molecule has 0 N–H and O–H groups in total. The number of carbonyl (C=O) groups excluding carboxylic acids is 1. The number of nitrogens with zero attached hydrogens (tertiary/aromatic N) is 1. The Morgan fingerprint density at radius 1 is 1.20 bits per heavy atom. The lowest BCUT2D eigenvalue weighted by Crippen LogP contribution is -2.41. The quantitative estimate of drug-likeness (QED) is 0.689. The highest BCUT2D eigenvalue weighted by Gasteiger charge is 2.28. The van der Waals surface area contributed by atoms with E-state index in [2.05, 4.69) is 13.8 Å². The third-order valence-electron chi connectivity index (χ3n) is 3.36. The Morgan fingerprint density at radius 3 is 2.24 bits per heavy atom. The van der Waals surface area contributed by atoms with E-state index in [0.717, 1.165) is 11.8 Å². The Morgan fingerprint density at radius 2 is 1.80 bits per heavy atom. The van der Waals surface area contributed by atoms with Crippen LogP contribution < -0.4 is 8.92 Å². The van der Waals surface area contributed by atoms with E-state index in [1.165, 1.54) is 7.11 Å². The third-order valence-corrected chi connectivity index (χ3v) is 3.84. The van der Waals surface area contributed by atoms with Crippen molar-refractivity contribution >= 4 is 16.0 Å². The molecule has 0 fully saturated rings. The van der Waals surface area contributed by atoms with Gasteiger partial charge in [-0.05, 0) is 23.6 Å². The SMILES string of the molecule is COc1ccc(CN(CC(C)C)C(=O)C(C)(C)C)cc1OS(C)(=O)=O. The van der Waals surface area contributed by atoms with Crippen LogP contribution in [0.1, 0.15) is 40.2 Å². The van der Waals surface area contributed by atoms with E-state index >= 15 is 0 Å². The summed E-state index contributed by atoms with van der Waals surface area (Å²) in [6.07, 6.45) is 0.979. The largest absolute Gasteiger partial charge is 0.493 e. The molecule has 1 aromatic carbocycles. The molecular formula is C18H29NO5S. The highest BCUT2D eigenvalue weighted by atomic mass is 32.2. The number of methoxy groups -OCH3 is 1. The van der Waals surface area contributed by atoms with E-state index in [9.17, 15) is 13.2 Å². The van der Waals surface area contributed by atoms with Crippen molar-refractivity contribution in [1.82, 2.24) is 4.90 Å². The molecule has 0 aliphatic carbocycles. The second kappa shape index (κ2) is 8.08. The van der Waals surface area contributed by atoms with Crippen molar-refractivity contribution in [3.05, 3.63) is 23.8 Å². The van der Waals surface area contributed by atoms with Crippen LogP contribution in [-0.4, -0.2) is 39.1 Å². The van der Waals surface area contributed by atoms with Gasteiger partial charge in [-0.1, -0.05) is 40.7 Å². The van der Waals surface area contributed by atoms with E-state index in [0.29, 0.717) is 24.8 Å². The molecule has 25 heavy (non-hydrogen) atoms. The topological polar surface area (TPSA) is 72.9 Å². The maximum atomic E-state index is 12.7. The Hall–Kier alpha value is -1.76. The average Bonchev–Trinajstić information content (AvgIpc) is 2.43. The highest BCUT2D eigenvalue weighted by molar-refractivity contribution is 7.86. The molecular weight excluding hydrogens is 342 g/mol. The van der Waals surface area contributed by atoms with Gasteiger partial charge in [0.2, 0.25) is 5.91 Å². The molecule has 0 aliphatic rings. The fraction of sp³-hybridized carbons (Fsp3) is 0.611. The summed E-state index contributed by atoms with van der Waals surface area (Å²) in [5.74, 6) is 0.806. The summed E-state index contributed by atoms with van der Waals surface area (Å²) >= 11 is 0. The predicted molar refractivity (Wildman–Crippen MR) is 98.2 cm³/mol. The maximum absolute atomic E-state index is 12.7. The third kappa shape index (κ3) is 6.94. The minimum absolute atomic E-state index is 0.0441. The smallest absolute Gasteiger partial charge is 0.306 e. The standard InChI is InChI=1S/C18H29NO5S/c1-13(2)11-19(17(20)18(3,4)5)12-14-8-9-15(23-6)16(10-14)24-25(7,21)22/h8-10,13H,11-12H2,1-7H3. The molecule has 0 aromatic heterocycles. The van der Waals surface area contributed by atoms with E-state index < -0.39 is 15.5 Å². The fourth-order valence-corrected chi connectivity index (χ4v) is 2.86. The van der Waals surface area contributed by atoms with Gasteiger partial charge < -0.3 is 13.8 Å². The number of hydrogen-bond donors (Lipinski definition) is 0. The molecule has 1 amide bonds. The van der Waals surface area contributed by atoms with Gasteiger partial charge in [-0.2, -0.15) is 8.42 Å². The van der Waals surface area contributed by atoms with Crippen molar-refractivity contribution < 1.29 is 22.1 Å². The van der Waals surface area contributed by atoms with Gasteiger partial charge in [0.1, 0.15) is 0 Å². The van der Waals surface area contributed by atoms with Crippen LogP contribution >= 0.6 is 0 Å². The molecule has 0 saturated heterocycles. The van der Waals surface area contributed by atoms with E-state index in [4.69, 9.17) is 8.92 Å². The summed E-state index contributed by atoms with van der Waals surface area (Å²) in [6, 6.07) is 5.05. The number of amides is 1. The molecule has 0 aliphatic heterocycles. The zero-order valence-corrected chi connectivity index (χ0v) is 16.9. The van der Waals surface area contributed by atoms with Gasteiger partial charge in [-0.15, -0.1) is 0 Å². The average molecular weight is 371 g/mol. The lowest BCUT2D eigenvalue weighted by molar-refractivity contribution is -0.140. The fourth-order valence-electron chi connectivity index (χ4n) is 2.40. The van der Waals surface area contributed by atoms with Crippen LogP contribution in [0.15, 0.2) is 18.2 Å². The number of hydrogen-bond acceptors (Lipinski definition) is 5. The summed E-state index contributed by atoms with van der Waals surface area (Å²) in [7, 11) is -2.23. The molecule has 0 heterocycles. The van der Waals surface area contributed by atoms with Gasteiger partial charge in [-0.3, -0.25) is 4.79 Å². The van der Waals surface area contributed by atoms with Crippen molar-refractivity contribution in [2.75, 3.05) is 19.9 Å². The summed E-state index contributed by atoms with van der Waals surface area (Å²) in [4.78, 5) is 14.5. The Balaban J connectivity index is 3.16. The molecule has 0 spiro atoms. The van der Waals surface area contributed by atoms with Crippen LogP contribution in [-0.2, 0) is 21.5 Å². The monoisotopic (exact) mass is 371 g/mol. The van der Waals surface area contributed by atoms with Crippen LogP contribution in [0.5, 0.6) is 11.5 Å². The second-order valence-electron chi connectivity index (χ2n) is 7.60. The van der Waals surface area contributed by atoms with Gasteiger partial charge in [0.15, 0.2) is 11.5 Å². The van der Waals surface area contributed by atoms with Crippen LogP contribution in [0, 0.1) is 11.3 Å². The molecule has 1 aromatic rings. The van der Waals surface area contributed by atoms with E-state index in [1.54, 1.807) is 23.1 Å². The minimum atomic E-state index is -3.67. The van der Waals surface area contributed by atoms with Gasteiger partial charge in [0.25, 0.3) is 0 Å². The molecule has 7 heteroatoms. The molecule has 0 saturated carbocycles. The first kappa shape index (κ1) is 21.3. The molecule has 0 unspecified atom stereocenters. The van der Waals surface area contributed by atoms with Crippen molar-refractivity contribution in [2.24, 2.45) is 11.3 Å². The molecule has 0 radical (unpaired) electrons. The minimum Gasteiger partial charge on any atom is -0.493 e. The summed E-state index contributed by atoms with van der Waals surface area (Å²) < 4.78 is 33.0. The van der Waals surface area contributed by atoms with Crippen molar-refractivity contribution in [2.45, 2.75) is 41.2 Å². The predicted octanol–water partition coefficient (Wildman–Crippen LogP) is 3.06. The molecule has 0 bridgehead atoms. The van der Waals surface area contributed by atoms with Crippen LogP contribution in [0.4, 0.5) is 0 Å². The van der Waals surface area contributed by atoms with Crippen LogP contribution in [0.25, 0.3) is 0 Å². The number of rotatable bonds is 7. The lowest BCUT2D eigenvalue weighted by Gasteiger charge is -2.31. The zero-order valence-electron chi connectivity index (χ0n) is 16.1. The maximum Gasteiger partial charge on any atom is 0.306 e. The number of ether oxygens (including phenoxy) is 1. The second-order valence-corrected chi connectivity index (χ2v) is 9.18. The summed E-state index contributed by atoms with van der Waals surface area (Å²) in [6.45, 7) is 10.7. The first-order valence-electron chi connectivity index (χ1n) is 8.19. The first-order valence-corrected chi connectivity index (χ1v) is 10.0.